The number of nitrogens with one attached hydrogen (secondary N) is 1. The summed E-state index contributed by atoms with van der Waals surface area (Å²) >= 11 is 0. The summed E-state index contributed by atoms with van der Waals surface area (Å²) in [7, 11) is -1.29. The first-order chi connectivity index (χ1) is 12.7. The summed E-state index contributed by atoms with van der Waals surface area (Å²) in [5.41, 5.74) is 0.766. The number of benzene rings is 1. The molecule has 2 N–H and O–H groups in total. The van der Waals surface area contributed by atoms with Crippen molar-refractivity contribution in [2.24, 2.45) is 5.92 Å². The highest BCUT2D eigenvalue weighted by Crippen LogP contribution is 2.31. The molecule has 146 valence electrons. The number of amides is 1. The van der Waals surface area contributed by atoms with Gasteiger partial charge >= 0.3 is 19.1 Å². The average Bonchev–Trinajstić information content (AvgIpc) is 2.61. The number of fused-ring (bicyclic) bond motifs is 1. The van der Waals surface area contributed by atoms with Crippen molar-refractivity contribution < 1.29 is 33.5 Å². The van der Waals surface area contributed by atoms with Crippen LogP contribution in [-0.2, 0) is 25.5 Å². The van der Waals surface area contributed by atoms with E-state index < -0.39 is 31.3 Å². The molecular formula is C18H24BNO7. The van der Waals surface area contributed by atoms with Crippen molar-refractivity contribution in [3.8, 4) is 5.75 Å². The molecule has 1 aromatic rings. The summed E-state index contributed by atoms with van der Waals surface area (Å²) in [4.78, 5) is 35.6. The Kier molecular flexibility index (Phi) is 6.84. The molecule has 0 aromatic heterocycles. The van der Waals surface area contributed by atoms with Crippen LogP contribution in [0.4, 0.5) is 0 Å². The SMILES string of the molecule is CCC(=O)NC1Cc2cccc(C(=O)OC(C)OC(=O)C(C)C)c2OB1O. The van der Waals surface area contributed by atoms with Gasteiger partial charge in [0.05, 0.1) is 11.9 Å². The lowest BCUT2D eigenvalue weighted by molar-refractivity contribution is -0.169. The number of hydrogen-bond acceptors (Lipinski definition) is 7. The molecule has 8 nitrogen and oxygen atoms in total. The molecule has 0 bridgehead atoms. The van der Waals surface area contributed by atoms with E-state index in [0.29, 0.717) is 12.0 Å². The molecule has 0 spiro atoms. The van der Waals surface area contributed by atoms with Gasteiger partial charge in [0.25, 0.3) is 0 Å². The molecule has 1 heterocycles. The second-order valence-corrected chi connectivity index (χ2v) is 6.60. The van der Waals surface area contributed by atoms with Gasteiger partial charge in [-0.25, -0.2) is 4.79 Å². The Morgan fingerprint density at radius 2 is 2.00 bits per heavy atom. The zero-order valence-electron chi connectivity index (χ0n) is 15.9. The number of rotatable bonds is 6. The number of hydrogen-bond donors (Lipinski definition) is 2. The molecule has 2 unspecified atom stereocenters. The van der Waals surface area contributed by atoms with Gasteiger partial charge < -0.3 is 24.5 Å². The van der Waals surface area contributed by atoms with Crippen LogP contribution < -0.4 is 9.97 Å². The van der Waals surface area contributed by atoms with E-state index in [1.807, 2.05) is 0 Å². The summed E-state index contributed by atoms with van der Waals surface area (Å²) in [6, 6.07) is 4.89. The molecule has 0 saturated carbocycles. The van der Waals surface area contributed by atoms with E-state index >= 15 is 0 Å². The first-order valence-corrected chi connectivity index (χ1v) is 8.90. The minimum Gasteiger partial charge on any atom is -0.534 e. The molecule has 1 aliphatic rings. The van der Waals surface area contributed by atoms with E-state index in [2.05, 4.69) is 5.32 Å². The van der Waals surface area contributed by atoms with Gasteiger partial charge in [-0.05, 0) is 18.1 Å². The molecule has 2 rings (SSSR count). The molecule has 9 heteroatoms. The van der Waals surface area contributed by atoms with Gasteiger partial charge in [0.2, 0.25) is 12.2 Å². The molecular weight excluding hydrogens is 353 g/mol. The maximum atomic E-state index is 12.4. The van der Waals surface area contributed by atoms with Gasteiger partial charge in [0.1, 0.15) is 11.3 Å². The Balaban J connectivity index is 2.12. The third-order valence-corrected chi connectivity index (χ3v) is 4.03. The van der Waals surface area contributed by atoms with Crippen LogP contribution in [0, 0.1) is 5.92 Å². The first-order valence-electron chi connectivity index (χ1n) is 8.90. The lowest BCUT2D eigenvalue weighted by atomic mass is 9.72. The number of para-hydroxylation sites is 1. The summed E-state index contributed by atoms with van der Waals surface area (Å²) in [5.74, 6) is -2.18. The lowest BCUT2D eigenvalue weighted by Crippen LogP contribution is -2.53. The van der Waals surface area contributed by atoms with Crippen molar-refractivity contribution in [2.75, 3.05) is 0 Å². The van der Waals surface area contributed by atoms with Crippen molar-refractivity contribution >= 4 is 25.0 Å². The zero-order chi connectivity index (χ0) is 20.1. The highest BCUT2D eigenvalue weighted by atomic mass is 16.7. The predicted octanol–water partition coefficient (Wildman–Crippen LogP) is 1.24. The molecule has 1 amide bonds. The average molecular weight is 377 g/mol. The van der Waals surface area contributed by atoms with Crippen LogP contribution in [0.25, 0.3) is 0 Å². The molecule has 1 aromatic carbocycles. The number of ether oxygens (including phenoxy) is 2. The van der Waals surface area contributed by atoms with Crippen molar-refractivity contribution in [3.63, 3.8) is 0 Å². The van der Waals surface area contributed by atoms with E-state index in [0.717, 1.165) is 0 Å². The summed E-state index contributed by atoms with van der Waals surface area (Å²) in [6.07, 6.45) is -0.468. The van der Waals surface area contributed by atoms with Crippen LogP contribution >= 0.6 is 0 Å². The minimum atomic E-state index is -1.29. The number of carbonyl (C=O) groups is 3. The summed E-state index contributed by atoms with van der Waals surface area (Å²) < 4.78 is 15.7. The van der Waals surface area contributed by atoms with Crippen molar-refractivity contribution in [3.05, 3.63) is 29.3 Å². The van der Waals surface area contributed by atoms with Gasteiger partial charge in [-0.1, -0.05) is 32.9 Å². The van der Waals surface area contributed by atoms with E-state index in [-0.39, 0.29) is 29.6 Å². The maximum Gasteiger partial charge on any atom is 0.547 e. The van der Waals surface area contributed by atoms with Crippen LogP contribution in [0.2, 0.25) is 0 Å². The maximum absolute atomic E-state index is 12.4. The quantitative estimate of drug-likeness (QED) is 0.436. The van der Waals surface area contributed by atoms with Gasteiger partial charge in [-0.2, -0.15) is 0 Å². The van der Waals surface area contributed by atoms with E-state index in [9.17, 15) is 19.4 Å². The van der Waals surface area contributed by atoms with Crippen molar-refractivity contribution in [2.45, 2.75) is 52.8 Å². The highest BCUT2D eigenvalue weighted by molar-refractivity contribution is 6.47. The summed E-state index contributed by atoms with van der Waals surface area (Å²) in [6.45, 7) is 6.50. The largest absolute Gasteiger partial charge is 0.547 e. The Morgan fingerprint density at radius 1 is 1.30 bits per heavy atom. The Hall–Kier alpha value is -2.55. The number of esters is 2. The van der Waals surface area contributed by atoms with Crippen LogP contribution in [0.1, 0.15) is 50.0 Å². The van der Waals surface area contributed by atoms with E-state index in [4.69, 9.17) is 14.1 Å². The van der Waals surface area contributed by atoms with Crippen LogP contribution in [0.15, 0.2) is 18.2 Å². The van der Waals surface area contributed by atoms with Crippen molar-refractivity contribution in [1.29, 1.82) is 0 Å². The third kappa shape index (κ3) is 5.23. The topological polar surface area (TPSA) is 111 Å². The smallest absolute Gasteiger partial charge is 0.534 e. The second-order valence-electron chi connectivity index (χ2n) is 6.60. The Bertz CT molecular complexity index is 722. The minimum absolute atomic E-state index is 0.110. The fraction of sp³-hybridized carbons (Fsp3) is 0.500. The third-order valence-electron chi connectivity index (χ3n) is 4.03. The van der Waals surface area contributed by atoms with Gasteiger partial charge in [-0.3, -0.25) is 9.59 Å². The molecule has 1 aliphatic heterocycles. The first kappa shape index (κ1) is 20.8. The van der Waals surface area contributed by atoms with E-state index in [1.54, 1.807) is 32.9 Å². The predicted molar refractivity (Wildman–Crippen MR) is 96.8 cm³/mol. The lowest BCUT2D eigenvalue weighted by Gasteiger charge is -2.29. The van der Waals surface area contributed by atoms with Crippen molar-refractivity contribution in [1.82, 2.24) is 5.32 Å². The van der Waals surface area contributed by atoms with Gasteiger partial charge in [-0.15, -0.1) is 0 Å². The van der Waals surface area contributed by atoms with Gasteiger partial charge in [0, 0.05) is 13.3 Å². The standard InChI is InChI=1S/C18H24BNO7/c1-5-15(21)20-14-9-12-7-6-8-13(16(12)27-19(14)24)18(23)26-11(4)25-17(22)10(2)3/h6-8,10-11,14,24H,5,9H2,1-4H3,(H,20,21). The summed E-state index contributed by atoms with van der Waals surface area (Å²) in [5, 5.41) is 12.9. The molecule has 2 atom stereocenters. The van der Waals surface area contributed by atoms with Crippen LogP contribution in [-0.4, -0.2) is 42.2 Å². The van der Waals surface area contributed by atoms with Crippen LogP contribution in [0.3, 0.4) is 0 Å². The molecule has 0 aliphatic carbocycles. The normalized spacial score (nSPS) is 16.8. The second kappa shape index (κ2) is 8.90. The van der Waals surface area contributed by atoms with E-state index in [1.165, 1.54) is 13.0 Å². The van der Waals surface area contributed by atoms with Gasteiger partial charge in [0.15, 0.2) is 0 Å². The molecule has 0 fully saturated rings. The molecule has 0 radical (unpaired) electrons. The molecule has 0 saturated heterocycles. The highest BCUT2D eigenvalue weighted by Gasteiger charge is 2.37. The Labute approximate surface area is 158 Å². The fourth-order valence-corrected chi connectivity index (χ4v) is 2.56. The molecule has 27 heavy (non-hydrogen) atoms. The monoisotopic (exact) mass is 377 g/mol. The van der Waals surface area contributed by atoms with Crippen LogP contribution in [0.5, 0.6) is 5.75 Å². The Morgan fingerprint density at radius 3 is 2.63 bits per heavy atom. The zero-order valence-corrected chi connectivity index (χ0v) is 15.9. The number of carbonyl (C=O) groups excluding carboxylic acids is 3. The fourth-order valence-electron chi connectivity index (χ4n) is 2.56.